The molecule has 0 aromatic rings. The van der Waals surface area contributed by atoms with E-state index in [1.54, 1.807) is 0 Å². The number of hydrogen-bond acceptors (Lipinski definition) is 3. The van der Waals surface area contributed by atoms with Gasteiger partial charge in [-0.2, -0.15) is 5.26 Å². The van der Waals surface area contributed by atoms with Gasteiger partial charge >= 0.3 is 0 Å². The van der Waals surface area contributed by atoms with Crippen LogP contribution in [0.5, 0.6) is 0 Å². The third-order valence-corrected chi connectivity index (χ3v) is 3.79. The van der Waals surface area contributed by atoms with E-state index in [0.29, 0.717) is 5.92 Å². The van der Waals surface area contributed by atoms with E-state index < -0.39 is 5.41 Å². The summed E-state index contributed by atoms with van der Waals surface area (Å²) in [5.74, 6) is 0.458. The zero-order valence-corrected chi connectivity index (χ0v) is 7.61. The lowest BCUT2D eigenvalue weighted by Gasteiger charge is -2.49. The summed E-state index contributed by atoms with van der Waals surface area (Å²) in [4.78, 5) is 0. The zero-order valence-electron chi connectivity index (χ0n) is 7.61. The molecule has 72 valence electrons. The molecule has 0 aromatic carbocycles. The molecule has 3 heteroatoms. The molecule has 0 amide bonds. The van der Waals surface area contributed by atoms with Gasteiger partial charge in [-0.05, 0) is 31.6 Å². The predicted molar refractivity (Wildman–Crippen MR) is 46.6 cm³/mol. The van der Waals surface area contributed by atoms with Crippen molar-refractivity contribution in [2.75, 3.05) is 6.61 Å². The summed E-state index contributed by atoms with van der Waals surface area (Å²) < 4.78 is 0. The van der Waals surface area contributed by atoms with Crippen molar-refractivity contribution in [1.29, 1.82) is 5.26 Å². The first-order chi connectivity index (χ1) is 6.22. The minimum atomic E-state index is -0.638. The van der Waals surface area contributed by atoms with Crippen LogP contribution in [0.4, 0.5) is 0 Å². The van der Waals surface area contributed by atoms with Gasteiger partial charge in [-0.3, -0.25) is 0 Å². The second kappa shape index (κ2) is 2.97. The lowest BCUT2D eigenvalue weighted by molar-refractivity contribution is -0.0856. The molecule has 0 heterocycles. The standard InChI is InChI=1S/C10H15NO2/c11-5-10(6-12)4-7-1-2-8(10)9(13)3-7/h7-9,12-13H,1-4,6H2/t7-,8+,9-,10+/m1/s1. The molecule has 0 saturated heterocycles. The van der Waals surface area contributed by atoms with Gasteiger partial charge in [0.25, 0.3) is 0 Å². The minimum absolute atomic E-state index is 0.00694. The number of nitrogens with zero attached hydrogens (tertiary/aromatic N) is 1. The fourth-order valence-electron chi connectivity index (χ4n) is 3.07. The van der Waals surface area contributed by atoms with Gasteiger partial charge in [0.05, 0.1) is 24.2 Å². The Morgan fingerprint density at radius 2 is 2.23 bits per heavy atom. The molecule has 0 aromatic heterocycles. The molecule has 0 unspecified atom stereocenters. The van der Waals surface area contributed by atoms with Crippen LogP contribution in [0.2, 0.25) is 0 Å². The van der Waals surface area contributed by atoms with Gasteiger partial charge in [0, 0.05) is 5.92 Å². The summed E-state index contributed by atoms with van der Waals surface area (Å²) in [6.07, 6.45) is 3.26. The predicted octanol–water partition coefficient (Wildman–Crippen LogP) is 0.670. The number of nitriles is 1. The molecule has 0 radical (unpaired) electrons. The van der Waals surface area contributed by atoms with Crippen LogP contribution in [0.15, 0.2) is 0 Å². The Kier molecular flexibility index (Phi) is 2.05. The van der Waals surface area contributed by atoms with Crippen molar-refractivity contribution in [3.63, 3.8) is 0 Å². The van der Waals surface area contributed by atoms with Crippen LogP contribution in [-0.2, 0) is 0 Å². The minimum Gasteiger partial charge on any atom is -0.395 e. The summed E-state index contributed by atoms with van der Waals surface area (Å²) in [5, 5.41) is 28.0. The highest BCUT2D eigenvalue weighted by molar-refractivity contribution is 5.11. The largest absolute Gasteiger partial charge is 0.395 e. The number of hydrogen-bond donors (Lipinski definition) is 2. The van der Waals surface area contributed by atoms with E-state index in [-0.39, 0.29) is 18.6 Å². The molecular weight excluding hydrogens is 166 g/mol. The van der Waals surface area contributed by atoms with Crippen LogP contribution in [0.3, 0.4) is 0 Å². The van der Waals surface area contributed by atoms with E-state index in [0.717, 1.165) is 25.7 Å². The molecule has 4 atom stereocenters. The Balaban J connectivity index is 2.27. The van der Waals surface area contributed by atoms with Crippen LogP contribution in [0.25, 0.3) is 0 Å². The normalized spacial score (nSPS) is 48.8. The number of fused-ring (bicyclic) bond motifs is 3. The fraction of sp³-hybridized carbons (Fsp3) is 0.900. The number of rotatable bonds is 1. The molecule has 0 aliphatic heterocycles. The Morgan fingerprint density at radius 3 is 2.62 bits per heavy atom. The summed E-state index contributed by atoms with van der Waals surface area (Å²) in [7, 11) is 0. The van der Waals surface area contributed by atoms with E-state index in [9.17, 15) is 10.2 Å². The molecule has 3 rings (SSSR count). The van der Waals surface area contributed by atoms with Crippen LogP contribution >= 0.6 is 0 Å². The average Bonchev–Trinajstić information content (AvgIpc) is 2.18. The Bertz CT molecular complexity index is 248. The van der Waals surface area contributed by atoms with E-state index in [1.165, 1.54) is 0 Å². The van der Waals surface area contributed by atoms with Gasteiger partial charge in [0.15, 0.2) is 0 Å². The van der Waals surface area contributed by atoms with E-state index in [4.69, 9.17) is 5.26 Å². The van der Waals surface area contributed by atoms with Crippen LogP contribution < -0.4 is 0 Å². The molecule has 3 fully saturated rings. The second-order valence-corrected chi connectivity index (χ2v) is 4.48. The third-order valence-electron chi connectivity index (χ3n) is 3.79. The highest BCUT2D eigenvalue weighted by Crippen LogP contribution is 2.51. The molecule has 3 aliphatic carbocycles. The monoisotopic (exact) mass is 181 g/mol. The molecule has 0 spiro atoms. The average molecular weight is 181 g/mol. The molecule has 13 heavy (non-hydrogen) atoms. The third kappa shape index (κ3) is 1.17. The van der Waals surface area contributed by atoms with Crippen LogP contribution in [0.1, 0.15) is 25.7 Å². The van der Waals surface area contributed by atoms with Gasteiger partial charge in [0.1, 0.15) is 0 Å². The van der Waals surface area contributed by atoms with Gasteiger partial charge in [0.2, 0.25) is 0 Å². The first-order valence-corrected chi connectivity index (χ1v) is 4.92. The van der Waals surface area contributed by atoms with E-state index in [2.05, 4.69) is 6.07 Å². The van der Waals surface area contributed by atoms with Crippen molar-refractivity contribution < 1.29 is 10.2 Å². The Morgan fingerprint density at radius 1 is 1.46 bits per heavy atom. The maximum Gasteiger partial charge on any atom is 0.0859 e. The number of aliphatic hydroxyl groups excluding tert-OH is 2. The summed E-state index contributed by atoms with van der Waals surface area (Å²) >= 11 is 0. The second-order valence-electron chi connectivity index (χ2n) is 4.48. The van der Waals surface area contributed by atoms with Gasteiger partial charge in [-0.1, -0.05) is 0 Å². The SMILES string of the molecule is N#C[C@]1(CO)C[C@@H]2CC[C@H]1[C@H](O)C2. The molecule has 3 nitrogen and oxygen atoms in total. The van der Waals surface area contributed by atoms with Crippen molar-refractivity contribution in [2.45, 2.75) is 31.8 Å². The first kappa shape index (κ1) is 8.98. The molecule has 2 bridgehead atoms. The summed E-state index contributed by atoms with van der Waals surface area (Å²) in [5.41, 5.74) is -0.638. The van der Waals surface area contributed by atoms with Gasteiger partial charge in [-0.15, -0.1) is 0 Å². The Labute approximate surface area is 78.0 Å². The maximum atomic E-state index is 9.73. The maximum absolute atomic E-state index is 9.73. The van der Waals surface area contributed by atoms with E-state index in [1.807, 2.05) is 0 Å². The van der Waals surface area contributed by atoms with Crippen molar-refractivity contribution >= 4 is 0 Å². The quantitative estimate of drug-likeness (QED) is 0.625. The van der Waals surface area contributed by atoms with Gasteiger partial charge in [-0.25, -0.2) is 0 Å². The van der Waals surface area contributed by atoms with Crippen molar-refractivity contribution in [3.8, 4) is 6.07 Å². The van der Waals surface area contributed by atoms with Crippen molar-refractivity contribution in [3.05, 3.63) is 0 Å². The highest BCUT2D eigenvalue weighted by Gasteiger charge is 2.51. The van der Waals surface area contributed by atoms with Crippen molar-refractivity contribution in [1.82, 2.24) is 0 Å². The van der Waals surface area contributed by atoms with E-state index >= 15 is 0 Å². The lowest BCUT2D eigenvalue weighted by atomic mass is 9.55. The summed E-state index contributed by atoms with van der Waals surface area (Å²) in [6.45, 7) is -0.0955. The molecule has 2 N–H and O–H groups in total. The first-order valence-electron chi connectivity index (χ1n) is 4.92. The molecule has 3 aliphatic rings. The summed E-state index contributed by atoms with van der Waals surface area (Å²) in [6, 6.07) is 2.22. The topological polar surface area (TPSA) is 64.2 Å². The van der Waals surface area contributed by atoms with Crippen LogP contribution in [0, 0.1) is 28.6 Å². The fourth-order valence-corrected chi connectivity index (χ4v) is 3.07. The highest BCUT2D eigenvalue weighted by atomic mass is 16.3. The Hall–Kier alpha value is -0.590. The number of aliphatic hydroxyl groups is 2. The molecular formula is C10H15NO2. The van der Waals surface area contributed by atoms with Crippen LogP contribution in [-0.4, -0.2) is 22.9 Å². The van der Waals surface area contributed by atoms with Gasteiger partial charge < -0.3 is 10.2 Å². The van der Waals surface area contributed by atoms with Crippen molar-refractivity contribution in [2.24, 2.45) is 17.3 Å². The smallest absolute Gasteiger partial charge is 0.0859 e. The molecule has 3 saturated carbocycles. The zero-order chi connectivity index (χ0) is 9.47. The lowest BCUT2D eigenvalue weighted by Crippen LogP contribution is -2.50.